The lowest BCUT2D eigenvalue weighted by molar-refractivity contribution is -0.111. The van der Waals surface area contributed by atoms with Gasteiger partial charge >= 0.3 is 0 Å². The molecule has 0 atom stereocenters. The Balaban J connectivity index is 1.26. The molecule has 4 rings (SSSR count). The van der Waals surface area contributed by atoms with E-state index in [2.05, 4.69) is 20.3 Å². The summed E-state index contributed by atoms with van der Waals surface area (Å²) < 4.78 is 11.3. The van der Waals surface area contributed by atoms with Crippen molar-refractivity contribution in [2.45, 2.75) is 6.61 Å². The van der Waals surface area contributed by atoms with Crippen LogP contribution in [0.2, 0.25) is 0 Å². The standard InChI is InChI=1S/C25H20N4O3/c30-24(29-21-8-12-25(28-16-21)32-23-4-2-14-27-17-23)11-7-19-5-9-22(10-6-19)31-18-20-3-1-13-26-15-20/h1-17H,18H2,(H,29,30)/b11-7+. The Morgan fingerprint density at radius 3 is 2.38 bits per heavy atom. The quantitative estimate of drug-likeness (QED) is 0.405. The topological polar surface area (TPSA) is 86.2 Å². The van der Waals surface area contributed by atoms with Gasteiger partial charge in [-0.15, -0.1) is 0 Å². The molecule has 3 heterocycles. The van der Waals surface area contributed by atoms with E-state index in [9.17, 15) is 4.79 Å². The molecule has 1 N–H and O–H groups in total. The maximum atomic E-state index is 12.2. The van der Waals surface area contributed by atoms with Crippen molar-refractivity contribution < 1.29 is 14.3 Å². The van der Waals surface area contributed by atoms with E-state index in [1.165, 1.54) is 12.3 Å². The lowest BCUT2D eigenvalue weighted by Gasteiger charge is -2.06. The van der Waals surface area contributed by atoms with E-state index >= 15 is 0 Å². The first-order valence-corrected chi connectivity index (χ1v) is 9.89. The van der Waals surface area contributed by atoms with Gasteiger partial charge in [-0.05, 0) is 48.0 Å². The van der Waals surface area contributed by atoms with Gasteiger partial charge in [-0.3, -0.25) is 14.8 Å². The second-order valence-electron chi connectivity index (χ2n) is 6.72. The minimum absolute atomic E-state index is 0.260. The highest BCUT2D eigenvalue weighted by Crippen LogP contribution is 2.19. The number of pyridine rings is 3. The zero-order valence-electron chi connectivity index (χ0n) is 17.1. The zero-order chi connectivity index (χ0) is 22.0. The Bertz CT molecular complexity index is 1160. The molecule has 0 saturated carbocycles. The predicted molar refractivity (Wildman–Crippen MR) is 121 cm³/mol. The van der Waals surface area contributed by atoms with Crippen molar-refractivity contribution in [1.82, 2.24) is 15.0 Å². The van der Waals surface area contributed by atoms with Gasteiger partial charge in [-0.2, -0.15) is 0 Å². The fourth-order valence-electron chi connectivity index (χ4n) is 2.72. The summed E-state index contributed by atoms with van der Waals surface area (Å²) in [7, 11) is 0. The van der Waals surface area contributed by atoms with Gasteiger partial charge in [0.2, 0.25) is 11.8 Å². The van der Waals surface area contributed by atoms with Crippen molar-refractivity contribution in [3.05, 3.63) is 109 Å². The second-order valence-corrected chi connectivity index (χ2v) is 6.72. The van der Waals surface area contributed by atoms with Crippen LogP contribution in [0.1, 0.15) is 11.1 Å². The number of aromatic nitrogens is 3. The van der Waals surface area contributed by atoms with Gasteiger partial charge in [0.1, 0.15) is 18.1 Å². The third-order valence-electron chi connectivity index (χ3n) is 4.30. The predicted octanol–water partition coefficient (Wildman–Crippen LogP) is 4.89. The Morgan fingerprint density at radius 1 is 0.875 bits per heavy atom. The number of benzene rings is 1. The number of carbonyl (C=O) groups is 1. The van der Waals surface area contributed by atoms with E-state index < -0.39 is 0 Å². The highest BCUT2D eigenvalue weighted by atomic mass is 16.5. The lowest BCUT2D eigenvalue weighted by Crippen LogP contribution is -2.07. The van der Waals surface area contributed by atoms with Gasteiger partial charge in [0.15, 0.2) is 0 Å². The Morgan fingerprint density at radius 2 is 1.69 bits per heavy atom. The molecule has 7 heteroatoms. The highest BCUT2D eigenvalue weighted by molar-refractivity contribution is 6.01. The third-order valence-corrected chi connectivity index (χ3v) is 4.30. The van der Waals surface area contributed by atoms with E-state index in [1.54, 1.807) is 55.1 Å². The average Bonchev–Trinajstić information content (AvgIpc) is 2.85. The van der Waals surface area contributed by atoms with E-state index in [-0.39, 0.29) is 5.91 Å². The second kappa shape index (κ2) is 10.5. The molecule has 0 radical (unpaired) electrons. The summed E-state index contributed by atoms with van der Waals surface area (Å²) >= 11 is 0. The van der Waals surface area contributed by atoms with Crippen LogP contribution < -0.4 is 14.8 Å². The minimum Gasteiger partial charge on any atom is -0.489 e. The number of anilines is 1. The first-order chi connectivity index (χ1) is 15.7. The molecule has 0 unspecified atom stereocenters. The fourth-order valence-corrected chi connectivity index (χ4v) is 2.72. The summed E-state index contributed by atoms with van der Waals surface area (Å²) in [6.07, 6.45) is 11.5. The summed E-state index contributed by atoms with van der Waals surface area (Å²) in [6.45, 7) is 0.450. The molecule has 4 aromatic rings. The molecule has 0 saturated heterocycles. The number of nitrogens with zero attached hydrogens (tertiary/aromatic N) is 3. The molecule has 158 valence electrons. The summed E-state index contributed by atoms with van der Waals surface area (Å²) in [5, 5.41) is 2.77. The maximum Gasteiger partial charge on any atom is 0.248 e. The number of nitrogens with one attached hydrogen (secondary N) is 1. The van der Waals surface area contributed by atoms with Gasteiger partial charge in [0.25, 0.3) is 0 Å². The molecule has 0 fully saturated rings. The van der Waals surface area contributed by atoms with Crippen LogP contribution in [0, 0.1) is 0 Å². The molecule has 0 aliphatic carbocycles. The van der Waals surface area contributed by atoms with Crippen LogP contribution in [-0.2, 0) is 11.4 Å². The number of amides is 1. The van der Waals surface area contributed by atoms with Gasteiger partial charge in [0, 0.05) is 36.3 Å². The number of hydrogen-bond donors (Lipinski definition) is 1. The summed E-state index contributed by atoms with van der Waals surface area (Å²) in [5.74, 6) is 1.49. The van der Waals surface area contributed by atoms with Crippen LogP contribution >= 0.6 is 0 Å². The van der Waals surface area contributed by atoms with Crippen molar-refractivity contribution in [2.75, 3.05) is 5.32 Å². The lowest BCUT2D eigenvalue weighted by atomic mass is 10.2. The van der Waals surface area contributed by atoms with Gasteiger partial charge in [-0.25, -0.2) is 4.98 Å². The number of rotatable bonds is 8. The Kier molecular flexibility index (Phi) is 6.80. The molecule has 0 bridgehead atoms. The number of hydrogen-bond acceptors (Lipinski definition) is 6. The van der Waals surface area contributed by atoms with Crippen molar-refractivity contribution in [3.63, 3.8) is 0 Å². The van der Waals surface area contributed by atoms with Crippen molar-refractivity contribution in [1.29, 1.82) is 0 Å². The van der Waals surface area contributed by atoms with Crippen LogP contribution in [0.5, 0.6) is 17.4 Å². The zero-order valence-corrected chi connectivity index (χ0v) is 17.1. The normalized spacial score (nSPS) is 10.6. The van der Waals surface area contributed by atoms with Crippen molar-refractivity contribution >= 4 is 17.7 Å². The molecular formula is C25H20N4O3. The van der Waals surface area contributed by atoms with E-state index in [0.717, 1.165) is 16.9 Å². The average molecular weight is 424 g/mol. The first-order valence-electron chi connectivity index (χ1n) is 9.89. The van der Waals surface area contributed by atoms with E-state index in [4.69, 9.17) is 9.47 Å². The summed E-state index contributed by atoms with van der Waals surface area (Å²) in [6, 6.07) is 18.3. The Hall–Kier alpha value is -4.52. The van der Waals surface area contributed by atoms with Crippen LogP contribution in [0.15, 0.2) is 97.7 Å². The molecule has 3 aromatic heterocycles. The molecule has 0 aliphatic heterocycles. The SMILES string of the molecule is O=C(/C=C/c1ccc(OCc2cccnc2)cc1)Nc1ccc(Oc2cccnc2)nc1. The first kappa shape index (κ1) is 20.7. The molecule has 32 heavy (non-hydrogen) atoms. The molecule has 0 aliphatic rings. The summed E-state index contributed by atoms with van der Waals surface area (Å²) in [5.41, 5.74) is 2.45. The van der Waals surface area contributed by atoms with Gasteiger partial charge in [0.05, 0.1) is 18.1 Å². The van der Waals surface area contributed by atoms with Gasteiger partial charge < -0.3 is 14.8 Å². The number of carbonyl (C=O) groups excluding carboxylic acids is 1. The van der Waals surface area contributed by atoms with E-state index in [0.29, 0.717) is 23.9 Å². The van der Waals surface area contributed by atoms with Crippen molar-refractivity contribution in [3.8, 4) is 17.4 Å². The third kappa shape index (κ3) is 6.24. The number of ether oxygens (including phenoxy) is 2. The molecular weight excluding hydrogens is 404 g/mol. The molecule has 0 spiro atoms. The van der Waals surface area contributed by atoms with E-state index in [1.807, 2.05) is 36.4 Å². The van der Waals surface area contributed by atoms with Crippen LogP contribution in [-0.4, -0.2) is 20.9 Å². The monoisotopic (exact) mass is 424 g/mol. The molecule has 7 nitrogen and oxygen atoms in total. The van der Waals surface area contributed by atoms with Crippen molar-refractivity contribution in [2.24, 2.45) is 0 Å². The maximum absolute atomic E-state index is 12.2. The molecule has 1 amide bonds. The fraction of sp³-hybridized carbons (Fsp3) is 0.0400. The minimum atomic E-state index is -0.260. The molecule has 1 aromatic carbocycles. The van der Waals surface area contributed by atoms with Crippen LogP contribution in [0.4, 0.5) is 5.69 Å². The highest BCUT2D eigenvalue weighted by Gasteiger charge is 2.02. The summed E-state index contributed by atoms with van der Waals surface area (Å²) in [4.78, 5) is 24.4. The van der Waals surface area contributed by atoms with Crippen LogP contribution in [0.25, 0.3) is 6.08 Å². The smallest absolute Gasteiger partial charge is 0.248 e. The Labute approximate surface area is 185 Å². The van der Waals surface area contributed by atoms with Gasteiger partial charge in [-0.1, -0.05) is 18.2 Å². The van der Waals surface area contributed by atoms with Crippen LogP contribution in [0.3, 0.4) is 0 Å². The largest absolute Gasteiger partial charge is 0.489 e.